The number of thiol groups is 1. The van der Waals surface area contributed by atoms with E-state index in [1.54, 1.807) is 12.1 Å². The van der Waals surface area contributed by atoms with Crippen molar-refractivity contribution in [1.29, 1.82) is 0 Å². The van der Waals surface area contributed by atoms with Crippen molar-refractivity contribution in [2.24, 2.45) is 0 Å². The molecule has 0 radical (unpaired) electrons. The molecule has 0 aliphatic carbocycles. The van der Waals surface area contributed by atoms with Gasteiger partial charge < -0.3 is 5.11 Å². The van der Waals surface area contributed by atoms with E-state index >= 15 is 0 Å². The lowest BCUT2D eigenvalue weighted by Crippen LogP contribution is -2.52. The third kappa shape index (κ3) is 5.61. The fourth-order valence-corrected chi connectivity index (χ4v) is 2.32. The van der Waals surface area contributed by atoms with E-state index in [0.29, 0.717) is 6.42 Å². The largest absolute Gasteiger partial charge is 0.480 e. The predicted octanol–water partition coefficient (Wildman–Crippen LogP) is 1.51. The highest BCUT2D eigenvalue weighted by atomic mass is 32.1. The van der Waals surface area contributed by atoms with Crippen molar-refractivity contribution in [2.45, 2.75) is 38.3 Å². The molecule has 1 rings (SSSR count). The van der Waals surface area contributed by atoms with Crippen molar-refractivity contribution in [3.05, 3.63) is 35.9 Å². The second-order valence-electron chi connectivity index (χ2n) is 5.02. The topological polar surface area (TPSA) is 83.5 Å². The number of benzene rings is 1. The molecule has 0 amide bonds. The lowest BCUT2D eigenvalue weighted by Gasteiger charge is -2.20. The zero-order chi connectivity index (χ0) is 16.5. The Morgan fingerprint density at radius 3 is 2.32 bits per heavy atom. The first-order chi connectivity index (χ1) is 10.5. The molecule has 5 nitrogen and oxygen atoms in total. The first-order valence-electron chi connectivity index (χ1n) is 7.18. The molecule has 6 heteroatoms. The maximum atomic E-state index is 12.4. The molecule has 2 atom stereocenters. The third-order valence-corrected chi connectivity index (χ3v) is 3.58. The summed E-state index contributed by atoms with van der Waals surface area (Å²) in [6.45, 7) is 1.84. The number of rotatable bonds is 10. The van der Waals surface area contributed by atoms with Gasteiger partial charge >= 0.3 is 5.97 Å². The van der Waals surface area contributed by atoms with E-state index in [9.17, 15) is 14.4 Å². The molecular weight excluding hydrogens is 302 g/mol. The second kappa shape index (κ2) is 9.38. The van der Waals surface area contributed by atoms with Crippen molar-refractivity contribution in [3.63, 3.8) is 0 Å². The molecule has 2 unspecified atom stereocenters. The number of nitrogens with one attached hydrogen (secondary N) is 1. The number of Topliss-reactive ketones (excluding diaryl/α,β-unsaturated/α-hetero) is 2. The molecule has 2 N–H and O–H groups in total. The highest BCUT2D eigenvalue weighted by molar-refractivity contribution is 7.80. The van der Waals surface area contributed by atoms with Crippen molar-refractivity contribution in [1.82, 2.24) is 5.32 Å². The summed E-state index contributed by atoms with van der Waals surface area (Å²) in [4.78, 5) is 35.6. The van der Waals surface area contributed by atoms with Gasteiger partial charge in [-0.3, -0.25) is 19.7 Å². The molecule has 0 aliphatic heterocycles. The zero-order valence-electron chi connectivity index (χ0n) is 12.5. The fraction of sp³-hybridized carbons (Fsp3) is 0.438. The molecule has 0 saturated heterocycles. The van der Waals surface area contributed by atoms with Crippen LogP contribution in [0.25, 0.3) is 0 Å². The van der Waals surface area contributed by atoms with Gasteiger partial charge in [-0.05, 0) is 12.0 Å². The Morgan fingerprint density at radius 2 is 1.82 bits per heavy atom. The van der Waals surface area contributed by atoms with Crippen LogP contribution >= 0.6 is 12.6 Å². The lowest BCUT2D eigenvalue weighted by molar-refractivity contribution is -0.139. The molecular formula is C16H21NO4S. The van der Waals surface area contributed by atoms with Crippen LogP contribution in [0.3, 0.4) is 0 Å². The Kier molecular flexibility index (Phi) is 7.84. The van der Waals surface area contributed by atoms with Crippen LogP contribution in [0.15, 0.2) is 30.3 Å². The second-order valence-corrected chi connectivity index (χ2v) is 5.38. The Bertz CT molecular complexity index is 518. The van der Waals surface area contributed by atoms with Gasteiger partial charge in [0.15, 0.2) is 11.6 Å². The van der Waals surface area contributed by atoms with Crippen LogP contribution in [-0.4, -0.2) is 40.5 Å². The Hall–Kier alpha value is -1.66. The van der Waals surface area contributed by atoms with E-state index in [1.807, 2.05) is 25.1 Å². The maximum absolute atomic E-state index is 12.4. The van der Waals surface area contributed by atoms with Crippen LogP contribution in [-0.2, 0) is 20.8 Å². The van der Waals surface area contributed by atoms with E-state index in [1.165, 1.54) is 0 Å². The molecule has 22 heavy (non-hydrogen) atoms. The Balaban J connectivity index is 2.86. The number of carboxylic acid groups (broad SMARTS) is 1. The van der Waals surface area contributed by atoms with E-state index in [2.05, 4.69) is 17.9 Å². The van der Waals surface area contributed by atoms with Crippen molar-refractivity contribution < 1.29 is 19.5 Å². The predicted molar refractivity (Wildman–Crippen MR) is 87.3 cm³/mol. The summed E-state index contributed by atoms with van der Waals surface area (Å²) in [6.07, 6.45) is 0.929. The zero-order valence-corrected chi connectivity index (χ0v) is 13.4. The number of aliphatic carboxylic acids is 1. The fourth-order valence-electron chi connectivity index (χ4n) is 2.06. The molecule has 1 aromatic carbocycles. The Labute approximate surface area is 135 Å². The van der Waals surface area contributed by atoms with E-state index in [4.69, 9.17) is 5.11 Å². The summed E-state index contributed by atoms with van der Waals surface area (Å²) in [6, 6.07) is 6.92. The van der Waals surface area contributed by atoms with E-state index < -0.39 is 18.1 Å². The number of hydrogen-bond donors (Lipinski definition) is 3. The van der Waals surface area contributed by atoms with Crippen molar-refractivity contribution in [3.8, 4) is 0 Å². The summed E-state index contributed by atoms with van der Waals surface area (Å²) in [7, 11) is 0. The van der Waals surface area contributed by atoms with Crippen LogP contribution in [0.4, 0.5) is 0 Å². The van der Waals surface area contributed by atoms with Gasteiger partial charge in [-0.25, -0.2) is 0 Å². The van der Waals surface area contributed by atoms with E-state index in [0.717, 1.165) is 5.56 Å². The smallest absolute Gasteiger partial charge is 0.321 e. The number of carbonyl (C=O) groups excluding carboxylic acids is 2. The first-order valence-corrected chi connectivity index (χ1v) is 7.81. The minimum absolute atomic E-state index is 0.00382. The van der Waals surface area contributed by atoms with E-state index in [-0.39, 0.29) is 30.2 Å². The molecule has 0 aliphatic rings. The molecule has 0 heterocycles. The minimum atomic E-state index is -1.13. The summed E-state index contributed by atoms with van der Waals surface area (Å²) >= 11 is 3.95. The van der Waals surface area contributed by atoms with Crippen molar-refractivity contribution >= 4 is 30.2 Å². The number of carboxylic acids is 1. The first kappa shape index (κ1) is 18.4. The van der Waals surface area contributed by atoms with Gasteiger partial charge in [-0.2, -0.15) is 12.6 Å². The molecule has 0 aromatic heterocycles. The summed E-state index contributed by atoms with van der Waals surface area (Å²) < 4.78 is 0. The molecule has 0 saturated carbocycles. The molecule has 120 valence electrons. The SMILES string of the molecule is CCCC(=O)C(NC(CS)C(=O)O)C(=O)Cc1ccccc1. The molecule has 0 spiro atoms. The standard InChI is InChI=1S/C16H21NO4S/c1-2-6-13(18)15(17-12(10-22)16(20)21)14(19)9-11-7-4-3-5-8-11/h3-5,7-8,12,15,17,22H,2,6,9-10H2,1H3,(H,20,21). The minimum Gasteiger partial charge on any atom is -0.480 e. The molecule has 0 bridgehead atoms. The number of hydrogen-bond acceptors (Lipinski definition) is 5. The average Bonchev–Trinajstić information content (AvgIpc) is 2.48. The molecule has 0 fully saturated rings. The highest BCUT2D eigenvalue weighted by Crippen LogP contribution is 2.07. The van der Waals surface area contributed by atoms with Gasteiger partial charge in [-0.1, -0.05) is 37.3 Å². The van der Waals surface area contributed by atoms with Crippen LogP contribution in [0.1, 0.15) is 25.3 Å². The van der Waals surface area contributed by atoms with Crippen LogP contribution in [0.5, 0.6) is 0 Å². The quantitative estimate of drug-likeness (QED) is 0.449. The monoisotopic (exact) mass is 323 g/mol. The number of carbonyl (C=O) groups is 3. The van der Waals surface area contributed by atoms with Crippen LogP contribution < -0.4 is 5.32 Å². The normalized spacial score (nSPS) is 13.4. The summed E-state index contributed by atoms with van der Waals surface area (Å²) in [5.74, 6) is -1.73. The van der Waals surface area contributed by atoms with Gasteiger partial charge in [0.2, 0.25) is 0 Å². The van der Waals surface area contributed by atoms with Gasteiger partial charge in [0.1, 0.15) is 12.1 Å². The van der Waals surface area contributed by atoms with Crippen molar-refractivity contribution in [2.75, 3.05) is 5.75 Å². The maximum Gasteiger partial charge on any atom is 0.321 e. The van der Waals surface area contributed by atoms with Gasteiger partial charge in [0, 0.05) is 18.6 Å². The highest BCUT2D eigenvalue weighted by Gasteiger charge is 2.30. The van der Waals surface area contributed by atoms with Crippen LogP contribution in [0.2, 0.25) is 0 Å². The number of ketones is 2. The summed E-state index contributed by atoms with van der Waals surface area (Å²) in [5.41, 5.74) is 0.793. The van der Waals surface area contributed by atoms with Gasteiger partial charge in [0.05, 0.1) is 0 Å². The lowest BCUT2D eigenvalue weighted by atomic mass is 9.97. The Morgan fingerprint density at radius 1 is 1.18 bits per heavy atom. The van der Waals surface area contributed by atoms with Crippen LogP contribution in [0, 0.1) is 0 Å². The average molecular weight is 323 g/mol. The summed E-state index contributed by atoms with van der Waals surface area (Å²) in [5, 5.41) is 11.7. The third-order valence-electron chi connectivity index (χ3n) is 3.21. The molecule has 1 aromatic rings. The van der Waals surface area contributed by atoms with Gasteiger partial charge in [-0.15, -0.1) is 0 Å². The van der Waals surface area contributed by atoms with Gasteiger partial charge in [0.25, 0.3) is 0 Å².